The smallest absolute Gasteiger partial charge is 0.242 e. The number of nitrogens with one attached hydrogen (secondary N) is 1. The number of carbonyl (C=O) groups is 1. The first-order chi connectivity index (χ1) is 12.7. The molecule has 3 aromatic heterocycles. The molecule has 0 radical (unpaired) electrons. The summed E-state index contributed by atoms with van der Waals surface area (Å²) >= 11 is 1.60. The highest BCUT2D eigenvalue weighted by atomic mass is 32.1. The van der Waals surface area contributed by atoms with Crippen LogP contribution in [0.2, 0.25) is 0 Å². The number of pyridine rings is 1. The van der Waals surface area contributed by atoms with E-state index in [4.69, 9.17) is 4.74 Å². The molecule has 3 aromatic rings. The van der Waals surface area contributed by atoms with E-state index in [1.165, 1.54) is 0 Å². The number of hydrogen-bond donors (Lipinski definition) is 1. The van der Waals surface area contributed by atoms with Crippen molar-refractivity contribution in [2.45, 2.75) is 19.5 Å². The molecule has 136 valence electrons. The van der Waals surface area contributed by atoms with Gasteiger partial charge < -0.3 is 10.1 Å². The summed E-state index contributed by atoms with van der Waals surface area (Å²) in [6.07, 6.45) is 5.46. The van der Waals surface area contributed by atoms with Crippen LogP contribution in [0, 0.1) is 6.92 Å². The lowest BCUT2D eigenvalue weighted by Gasteiger charge is -2.33. The Morgan fingerprint density at radius 2 is 2.27 bits per heavy atom. The Labute approximate surface area is 155 Å². The summed E-state index contributed by atoms with van der Waals surface area (Å²) in [6, 6.07) is 3.45. The number of ether oxygens (including phenoxy) is 1. The minimum Gasteiger partial charge on any atom is -0.379 e. The first-order valence-electron chi connectivity index (χ1n) is 8.64. The van der Waals surface area contributed by atoms with Gasteiger partial charge in [-0.3, -0.25) is 19.1 Å². The molecule has 1 amide bonds. The van der Waals surface area contributed by atoms with Gasteiger partial charge in [-0.1, -0.05) is 6.07 Å². The molecule has 4 rings (SSSR count). The van der Waals surface area contributed by atoms with E-state index < -0.39 is 0 Å². The molecule has 0 aromatic carbocycles. The molecule has 0 unspecified atom stereocenters. The zero-order chi connectivity index (χ0) is 17.9. The van der Waals surface area contributed by atoms with Gasteiger partial charge in [0.1, 0.15) is 6.04 Å². The average molecular weight is 371 g/mol. The van der Waals surface area contributed by atoms with E-state index in [1.54, 1.807) is 23.7 Å². The molecule has 26 heavy (non-hydrogen) atoms. The van der Waals surface area contributed by atoms with E-state index >= 15 is 0 Å². The maximum atomic E-state index is 13.0. The minimum atomic E-state index is -0.363. The van der Waals surface area contributed by atoms with Crippen molar-refractivity contribution in [1.82, 2.24) is 24.6 Å². The number of hydrogen-bond acceptors (Lipinski definition) is 6. The lowest BCUT2D eigenvalue weighted by Crippen LogP contribution is -2.45. The summed E-state index contributed by atoms with van der Waals surface area (Å²) in [4.78, 5) is 24.8. The second-order valence-electron chi connectivity index (χ2n) is 6.32. The van der Waals surface area contributed by atoms with Gasteiger partial charge in [0.25, 0.3) is 0 Å². The van der Waals surface area contributed by atoms with Crippen LogP contribution in [0.25, 0.3) is 4.96 Å². The van der Waals surface area contributed by atoms with E-state index in [1.807, 2.05) is 29.7 Å². The van der Waals surface area contributed by atoms with Crippen molar-refractivity contribution < 1.29 is 9.53 Å². The molecule has 1 saturated heterocycles. The summed E-state index contributed by atoms with van der Waals surface area (Å²) in [5.41, 5.74) is 2.91. The van der Waals surface area contributed by atoms with Crippen molar-refractivity contribution in [3.05, 3.63) is 53.1 Å². The van der Waals surface area contributed by atoms with Crippen LogP contribution in [0.5, 0.6) is 0 Å². The summed E-state index contributed by atoms with van der Waals surface area (Å²) in [7, 11) is 0. The van der Waals surface area contributed by atoms with Gasteiger partial charge in [0.15, 0.2) is 4.96 Å². The number of nitrogens with zero attached hydrogens (tertiary/aromatic N) is 4. The first kappa shape index (κ1) is 17.1. The van der Waals surface area contributed by atoms with Gasteiger partial charge in [-0.25, -0.2) is 4.98 Å². The third-order valence-corrected chi connectivity index (χ3v) is 5.50. The van der Waals surface area contributed by atoms with Crippen LogP contribution < -0.4 is 5.32 Å². The lowest BCUT2D eigenvalue weighted by atomic mass is 10.1. The standard InChI is InChI=1S/C18H21N5O2S/c1-13-12-26-18-21-15(11-23(13)18)10-20-17(24)16(14-3-2-4-19-9-14)22-5-7-25-8-6-22/h2-4,9,11-12,16H,5-8,10H2,1H3,(H,20,24)/t16-/m0/s1. The van der Waals surface area contributed by atoms with Crippen LogP contribution in [0.15, 0.2) is 36.1 Å². The van der Waals surface area contributed by atoms with Gasteiger partial charge in [-0.05, 0) is 18.6 Å². The number of aromatic nitrogens is 3. The van der Waals surface area contributed by atoms with Crippen LogP contribution in [-0.4, -0.2) is 51.5 Å². The fourth-order valence-electron chi connectivity index (χ4n) is 3.20. The van der Waals surface area contributed by atoms with E-state index in [-0.39, 0.29) is 11.9 Å². The van der Waals surface area contributed by atoms with Gasteiger partial charge in [0, 0.05) is 42.8 Å². The SMILES string of the molecule is Cc1csc2nc(CNC(=O)[C@H](c3cccnc3)N3CCOCC3)cn12. The van der Waals surface area contributed by atoms with E-state index in [2.05, 4.69) is 25.6 Å². The number of imidazole rings is 1. The third-order valence-electron chi connectivity index (χ3n) is 4.54. The number of amides is 1. The molecule has 1 fully saturated rings. The van der Waals surface area contributed by atoms with Gasteiger partial charge in [-0.15, -0.1) is 11.3 Å². The molecule has 0 spiro atoms. The Kier molecular flexibility index (Phi) is 4.96. The fourth-order valence-corrected chi connectivity index (χ4v) is 4.07. The molecule has 1 N–H and O–H groups in total. The van der Waals surface area contributed by atoms with Crippen LogP contribution in [0.1, 0.15) is 23.0 Å². The minimum absolute atomic E-state index is 0.0343. The topological polar surface area (TPSA) is 71.8 Å². The fraction of sp³-hybridized carbons (Fsp3) is 0.389. The van der Waals surface area contributed by atoms with Crippen LogP contribution in [-0.2, 0) is 16.1 Å². The second kappa shape index (κ2) is 7.53. The molecular formula is C18H21N5O2S. The van der Waals surface area contributed by atoms with Crippen molar-refractivity contribution in [2.75, 3.05) is 26.3 Å². The maximum Gasteiger partial charge on any atom is 0.242 e. The van der Waals surface area contributed by atoms with Gasteiger partial charge >= 0.3 is 0 Å². The van der Waals surface area contributed by atoms with Crippen molar-refractivity contribution >= 4 is 22.2 Å². The maximum absolute atomic E-state index is 13.0. The van der Waals surface area contributed by atoms with Crippen LogP contribution >= 0.6 is 11.3 Å². The Morgan fingerprint density at radius 3 is 3.00 bits per heavy atom. The Bertz CT molecular complexity index is 886. The van der Waals surface area contributed by atoms with Crippen LogP contribution in [0.3, 0.4) is 0 Å². The van der Waals surface area contributed by atoms with Gasteiger partial charge in [0.05, 0.1) is 25.5 Å². The highest BCUT2D eigenvalue weighted by molar-refractivity contribution is 7.15. The lowest BCUT2D eigenvalue weighted by molar-refractivity contribution is -0.128. The highest BCUT2D eigenvalue weighted by Gasteiger charge is 2.29. The summed E-state index contributed by atoms with van der Waals surface area (Å²) < 4.78 is 7.48. The zero-order valence-corrected chi connectivity index (χ0v) is 15.4. The molecule has 1 aliphatic heterocycles. The number of morpholine rings is 1. The molecule has 0 saturated carbocycles. The Morgan fingerprint density at radius 1 is 1.42 bits per heavy atom. The monoisotopic (exact) mass is 371 g/mol. The molecule has 1 aliphatic rings. The van der Waals surface area contributed by atoms with Crippen molar-refractivity contribution in [3.8, 4) is 0 Å². The molecule has 1 atom stereocenters. The van der Waals surface area contributed by atoms with E-state index in [0.717, 1.165) is 35.0 Å². The number of rotatable bonds is 5. The largest absolute Gasteiger partial charge is 0.379 e. The summed E-state index contributed by atoms with van der Waals surface area (Å²) in [5.74, 6) is -0.0343. The molecule has 7 nitrogen and oxygen atoms in total. The average Bonchev–Trinajstić information content (AvgIpc) is 3.24. The summed E-state index contributed by atoms with van der Waals surface area (Å²) in [6.45, 7) is 5.19. The third kappa shape index (κ3) is 3.48. The quantitative estimate of drug-likeness (QED) is 0.740. The first-order valence-corrected chi connectivity index (χ1v) is 9.52. The number of aryl methyl sites for hydroxylation is 1. The normalized spacial score (nSPS) is 16.7. The van der Waals surface area contributed by atoms with Gasteiger partial charge in [0.2, 0.25) is 5.91 Å². The second-order valence-corrected chi connectivity index (χ2v) is 7.15. The number of thiazole rings is 1. The van der Waals surface area contributed by atoms with E-state index in [0.29, 0.717) is 19.8 Å². The molecule has 4 heterocycles. The molecular weight excluding hydrogens is 350 g/mol. The van der Waals surface area contributed by atoms with E-state index in [9.17, 15) is 4.79 Å². The molecule has 8 heteroatoms. The molecule has 0 bridgehead atoms. The highest BCUT2D eigenvalue weighted by Crippen LogP contribution is 2.22. The molecule has 0 aliphatic carbocycles. The van der Waals surface area contributed by atoms with Crippen LogP contribution in [0.4, 0.5) is 0 Å². The van der Waals surface area contributed by atoms with Gasteiger partial charge in [-0.2, -0.15) is 0 Å². The zero-order valence-electron chi connectivity index (χ0n) is 14.6. The predicted molar refractivity (Wildman–Crippen MR) is 99.0 cm³/mol. The predicted octanol–water partition coefficient (Wildman–Crippen LogP) is 1.79. The van der Waals surface area contributed by atoms with Crippen molar-refractivity contribution in [1.29, 1.82) is 0 Å². The summed E-state index contributed by atoms with van der Waals surface area (Å²) in [5, 5.41) is 5.12. The number of fused-ring (bicyclic) bond motifs is 1. The van der Waals surface area contributed by atoms with Crippen molar-refractivity contribution in [3.63, 3.8) is 0 Å². The van der Waals surface area contributed by atoms with Crippen molar-refractivity contribution in [2.24, 2.45) is 0 Å². The Balaban J connectivity index is 1.50. The Hall–Kier alpha value is -2.29. The number of carbonyl (C=O) groups excluding carboxylic acids is 1.